The Balaban J connectivity index is 0.00000264. The molecule has 0 aromatic heterocycles. The van der Waals surface area contributed by atoms with Gasteiger partial charge in [-0.1, -0.05) is 23.7 Å². The minimum atomic E-state index is -0.0218. The second kappa shape index (κ2) is 10.9. The number of hydrogen-bond acceptors (Lipinski definition) is 3. The van der Waals surface area contributed by atoms with E-state index in [-0.39, 0.29) is 24.4 Å². The van der Waals surface area contributed by atoms with Gasteiger partial charge in [0.05, 0.1) is 6.04 Å². The zero-order chi connectivity index (χ0) is 15.8. The van der Waals surface area contributed by atoms with E-state index in [0.717, 1.165) is 37.9 Å². The predicted octanol–water partition coefficient (Wildman–Crippen LogP) is 3.35. The number of piperidine rings is 1. The van der Waals surface area contributed by atoms with Gasteiger partial charge in [-0.2, -0.15) is 0 Å². The van der Waals surface area contributed by atoms with Crippen molar-refractivity contribution in [2.75, 3.05) is 26.8 Å². The van der Waals surface area contributed by atoms with Crippen LogP contribution in [0.1, 0.15) is 37.3 Å². The summed E-state index contributed by atoms with van der Waals surface area (Å²) in [5.41, 5.74) is 1.07. The fourth-order valence-electron chi connectivity index (χ4n) is 2.85. The molecule has 1 amide bonds. The molecular formula is C17H26Cl2N2O2. The number of carbonyl (C=O) groups excluding carboxylic acids is 1. The van der Waals surface area contributed by atoms with Crippen LogP contribution in [0.15, 0.2) is 24.3 Å². The van der Waals surface area contributed by atoms with Gasteiger partial charge in [-0.25, -0.2) is 0 Å². The first-order chi connectivity index (χ1) is 10.7. The van der Waals surface area contributed by atoms with Gasteiger partial charge in [-0.3, -0.25) is 4.79 Å². The van der Waals surface area contributed by atoms with E-state index in [4.69, 9.17) is 16.3 Å². The summed E-state index contributed by atoms with van der Waals surface area (Å²) in [6, 6.07) is 7.62. The maximum absolute atomic E-state index is 12.3. The van der Waals surface area contributed by atoms with E-state index in [9.17, 15) is 4.79 Å². The van der Waals surface area contributed by atoms with Crippen molar-refractivity contribution < 1.29 is 9.53 Å². The third kappa shape index (κ3) is 7.08. The van der Waals surface area contributed by atoms with Crippen LogP contribution in [0.2, 0.25) is 5.02 Å². The molecule has 1 aromatic rings. The molecule has 2 rings (SSSR count). The summed E-state index contributed by atoms with van der Waals surface area (Å²) >= 11 is 5.94. The summed E-state index contributed by atoms with van der Waals surface area (Å²) in [4.78, 5) is 12.3. The summed E-state index contributed by atoms with van der Waals surface area (Å²) in [6.07, 6.45) is 3.53. The summed E-state index contributed by atoms with van der Waals surface area (Å²) < 4.78 is 5.16. The van der Waals surface area contributed by atoms with Crippen molar-refractivity contribution >= 4 is 29.9 Å². The summed E-state index contributed by atoms with van der Waals surface area (Å²) in [6.45, 7) is 2.64. The molecule has 1 aromatic carbocycles. The lowest BCUT2D eigenvalue weighted by atomic mass is 9.94. The zero-order valence-electron chi connectivity index (χ0n) is 13.5. The van der Waals surface area contributed by atoms with Gasteiger partial charge in [0.25, 0.3) is 0 Å². The molecule has 2 N–H and O–H groups in total. The number of methoxy groups -OCH3 is 1. The van der Waals surface area contributed by atoms with E-state index in [2.05, 4.69) is 10.6 Å². The fourth-order valence-corrected chi connectivity index (χ4v) is 2.98. The van der Waals surface area contributed by atoms with E-state index in [1.54, 1.807) is 7.11 Å². The van der Waals surface area contributed by atoms with Crippen molar-refractivity contribution in [2.45, 2.75) is 31.7 Å². The third-order valence-electron chi connectivity index (χ3n) is 4.15. The van der Waals surface area contributed by atoms with Gasteiger partial charge in [0.1, 0.15) is 0 Å². The van der Waals surface area contributed by atoms with Crippen LogP contribution in [0.5, 0.6) is 0 Å². The molecule has 1 unspecified atom stereocenters. The number of nitrogens with one attached hydrogen (secondary N) is 2. The quantitative estimate of drug-likeness (QED) is 0.783. The lowest BCUT2D eigenvalue weighted by Crippen LogP contribution is -2.34. The summed E-state index contributed by atoms with van der Waals surface area (Å²) in [5, 5.41) is 7.18. The van der Waals surface area contributed by atoms with E-state index < -0.39 is 0 Å². The highest BCUT2D eigenvalue weighted by Crippen LogP contribution is 2.21. The van der Waals surface area contributed by atoms with E-state index >= 15 is 0 Å². The number of rotatable bonds is 7. The van der Waals surface area contributed by atoms with Crippen LogP contribution in [0.25, 0.3) is 0 Å². The monoisotopic (exact) mass is 360 g/mol. The van der Waals surface area contributed by atoms with Crippen LogP contribution in [0, 0.1) is 5.92 Å². The van der Waals surface area contributed by atoms with Crippen molar-refractivity contribution in [1.82, 2.24) is 10.6 Å². The van der Waals surface area contributed by atoms with Gasteiger partial charge in [0.2, 0.25) is 5.91 Å². The smallest absolute Gasteiger partial charge is 0.220 e. The normalized spacial score (nSPS) is 16.4. The van der Waals surface area contributed by atoms with Crippen molar-refractivity contribution in [3.8, 4) is 0 Å². The van der Waals surface area contributed by atoms with Crippen LogP contribution in [-0.4, -0.2) is 32.7 Å². The molecule has 0 bridgehead atoms. The molecule has 1 aliphatic heterocycles. The van der Waals surface area contributed by atoms with Gasteiger partial charge < -0.3 is 15.4 Å². The highest BCUT2D eigenvalue weighted by molar-refractivity contribution is 6.30. The molecule has 1 fully saturated rings. The largest absolute Gasteiger partial charge is 0.385 e. The molecule has 1 aliphatic rings. The molecule has 0 aliphatic carbocycles. The van der Waals surface area contributed by atoms with Crippen molar-refractivity contribution in [3.63, 3.8) is 0 Å². The van der Waals surface area contributed by atoms with Gasteiger partial charge in [0, 0.05) is 25.2 Å². The number of benzene rings is 1. The number of halogens is 2. The van der Waals surface area contributed by atoms with Gasteiger partial charge in [-0.15, -0.1) is 12.4 Å². The van der Waals surface area contributed by atoms with E-state index in [1.165, 1.54) is 0 Å². The van der Waals surface area contributed by atoms with Crippen LogP contribution in [-0.2, 0) is 9.53 Å². The number of ether oxygens (including phenoxy) is 1. The Hall–Kier alpha value is -0.810. The minimum absolute atomic E-state index is 0. The van der Waals surface area contributed by atoms with E-state index in [0.29, 0.717) is 24.0 Å². The molecule has 0 radical (unpaired) electrons. The Labute approximate surface area is 149 Å². The highest BCUT2D eigenvalue weighted by atomic mass is 35.5. The van der Waals surface area contributed by atoms with Crippen molar-refractivity contribution in [2.24, 2.45) is 5.92 Å². The average molecular weight is 361 g/mol. The second-order valence-corrected chi connectivity index (χ2v) is 6.29. The highest BCUT2D eigenvalue weighted by Gasteiger charge is 2.20. The average Bonchev–Trinajstić information content (AvgIpc) is 2.53. The Morgan fingerprint density at radius 2 is 2.00 bits per heavy atom. The SMILES string of the molecule is COCCC(NC(=O)CC1CCNCC1)c1ccc(Cl)cc1.Cl. The first-order valence-corrected chi connectivity index (χ1v) is 8.31. The molecule has 130 valence electrons. The van der Waals surface area contributed by atoms with Crippen LogP contribution >= 0.6 is 24.0 Å². The van der Waals surface area contributed by atoms with Crippen LogP contribution in [0.4, 0.5) is 0 Å². The van der Waals surface area contributed by atoms with Crippen LogP contribution in [0.3, 0.4) is 0 Å². The molecule has 4 nitrogen and oxygen atoms in total. The topological polar surface area (TPSA) is 50.4 Å². The number of amides is 1. The van der Waals surface area contributed by atoms with Gasteiger partial charge in [0.15, 0.2) is 0 Å². The number of carbonyl (C=O) groups is 1. The molecule has 23 heavy (non-hydrogen) atoms. The summed E-state index contributed by atoms with van der Waals surface area (Å²) in [7, 11) is 1.68. The molecule has 1 atom stereocenters. The molecule has 6 heteroatoms. The van der Waals surface area contributed by atoms with Crippen molar-refractivity contribution in [1.29, 1.82) is 0 Å². The Bertz CT molecular complexity index is 462. The van der Waals surface area contributed by atoms with Gasteiger partial charge >= 0.3 is 0 Å². The summed E-state index contributed by atoms with van der Waals surface area (Å²) in [5.74, 6) is 0.623. The standard InChI is InChI=1S/C17H25ClN2O2.ClH/c1-22-11-8-16(14-2-4-15(18)5-3-14)20-17(21)12-13-6-9-19-10-7-13;/h2-5,13,16,19H,6-12H2,1H3,(H,20,21);1H. The predicted molar refractivity (Wildman–Crippen MR) is 96.3 cm³/mol. The lowest BCUT2D eigenvalue weighted by molar-refractivity contribution is -0.123. The zero-order valence-corrected chi connectivity index (χ0v) is 15.1. The van der Waals surface area contributed by atoms with E-state index in [1.807, 2.05) is 24.3 Å². The lowest BCUT2D eigenvalue weighted by Gasteiger charge is -2.24. The first-order valence-electron chi connectivity index (χ1n) is 7.93. The molecule has 0 saturated carbocycles. The van der Waals surface area contributed by atoms with Gasteiger partial charge in [-0.05, 0) is 56.0 Å². The third-order valence-corrected chi connectivity index (χ3v) is 4.40. The Morgan fingerprint density at radius 3 is 2.61 bits per heavy atom. The Kier molecular flexibility index (Phi) is 9.56. The van der Waals surface area contributed by atoms with Crippen molar-refractivity contribution in [3.05, 3.63) is 34.9 Å². The molecular weight excluding hydrogens is 335 g/mol. The fraction of sp³-hybridized carbons (Fsp3) is 0.588. The second-order valence-electron chi connectivity index (χ2n) is 5.85. The maximum atomic E-state index is 12.3. The molecule has 1 heterocycles. The molecule has 1 saturated heterocycles. The molecule has 0 spiro atoms. The Morgan fingerprint density at radius 1 is 1.35 bits per heavy atom. The first kappa shape index (κ1) is 20.2. The maximum Gasteiger partial charge on any atom is 0.220 e. The number of hydrogen-bond donors (Lipinski definition) is 2. The minimum Gasteiger partial charge on any atom is -0.385 e. The van der Waals surface area contributed by atoms with Crippen LogP contribution < -0.4 is 10.6 Å².